The van der Waals surface area contributed by atoms with Crippen molar-refractivity contribution in [3.63, 3.8) is 0 Å². The van der Waals surface area contributed by atoms with Crippen molar-refractivity contribution in [1.82, 2.24) is 4.98 Å². The Bertz CT molecular complexity index is 468. The van der Waals surface area contributed by atoms with Crippen LogP contribution in [0.1, 0.15) is 0 Å². The van der Waals surface area contributed by atoms with Gasteiger partial charge in [0, 0.05) is 5.39 Å². The number of aromatic nitrogens is 1. The molecule has 0 spiro atoms. The number of nitrogens with two attached hydrogens (primary N) is 2. The van der Waals surface area contributed by atoms with Gasteiger partial charge in [0.15, 0.2) is 0 Å². The second kappa shape index (κ2) is 2.78. The standard InChI is InChI=1S/C9H8ClN3/c10-5-2-1-3-7-8(5)9(12)6(11)4-13-7/h1-4H,11H2,(H2,12,13). The molecule has 1 aromatic heterocycles. The zero-order chi connectivity index (χ0) is 9.42. The van der Waals surface area contributed by atoms with Crippen LogP contribution in [0.5, 0.6) is 0 Å². The van der Waals surface area contributed by atoms with Crippen LogP contribution in [0, 0.1) is 0 Å². The lowest BCUT2D eigenvalue weighted by Gasteiger charge is -2.05. The fraction of sp³-hybridized carbons (Fsp3) is 0. The van der Waals surface area contributed by atoms with Gasteiger partial charge in [0.1, 0.15) is 0 Å². The molecule has 0 radical (unpaired) electrons. The Balaban J connectivity index is 2.97. The molecule has 66 valence electrons. The number of hydrogen-bond donors (Lipinski definition) is 2. The molecule has 13 heavy (non-hydrogen) atoms. The van der Waals surface area contributed by atoms with Crippen molar-refractivity contribution in [1.29, 1.82) is 0 Å². The van der Waals surface area contributed by atoms with Gasteiger partial charge in [-0.1, -0.05) is 17.7 Å². The molecule has 0 unspecified atom stereocenters. The molecular formula is C9H8ClN3. The highest BCUT2D eigenvalue weighted by molar-refractivity contribution is 6.36. The number of rotatable bonds is 0. The van der Waals surface area contributed by atoms with E-state index >= 15 is 0 Å². The van der Waals surface area contributed by atoms with E-state index in [9.17, 15) is 0 Å². The summed E-state index contributed by atoms with van der Waals surface area (Å²) >= 11 is 5.96. The van der Waals surface area contributed by atoms with Crippen molar-refractivity contribution in [2.24, 2.45) is 0 Å². The van der Waals surface area contributed by atoms with Gasteiger partial charge in [-0.15, -0.1) is 0 Å². The van der Waals surface area contributed by atoms with Crippen LogP contribution >= 0.6 is 11.6 Å². The number of nitrogen functional groups attached to an aromatic ring is 2. The fourth-order valence-corrected chi connectivity index (χ4v) is 1.51. The van der Waals surface area contributed by atoms with Gasteiger partial charge in [0.05, 0.1) is 28.1 Å². The second-order valence-corrected chi connectivity index (χ2v) is 3.17. The number of nitrogens with zero attached hydrogens (tertiary/aromatic N) is 1. The Kier molecular flexibility index (Phi) is 1.74. The third-order valence-corrected chi connectivity index (χ3v) is 2.23. The van der Waals surface area contributed by atoms with Crippen molar-refractivity contribution in [2.45, 2.75) is 0 Å². The van der Waals surface area contributed by atoms with Crippen LogP contribution in [0.3, 0.4) is 0 Å². The van der Waals surface area contributed by atoms with E-state index in [0.717, 1.165) is 10.9 Å². The topological polar surface area (TPSA) is 64.9 Å². The minimum absolute atomic E-state index is 0.459. The van der Waals surface area contributed by atoms with Gasteiger partial charge in [-0.05, 0) is 12.1 Å². The van der Waals surface area contributed by atoms with Gasteiger partial charge in [-0.25, -0.2) is 0 Å². The molecule has 1 aromatic carbocycles. The van der Waals surface area contributed by atoms with Gasteiger partial charge < -0.3 is 11.5 Å². The van der Waals surface area contributed by atoms with E-state index in [1.165, 1.54) is 6.20 Å². The SMILES string of the molecule is Nc1cnc2cccc(Cl)c2c1N. The molecule has 4 heteroatoms. The van der Waals surface area contributed by atoms with Crippen molar-refractivity contribution in [3.05, 3.63) is 29.4 Å². The number of anilines is 2. The van der Waals surface area contributed by atoms with Gasteiger partial charge in [0.2, 0.25) is 0 Å². The summed E-state index contributed by atoms with van der Waals surface area (Å²) in [7, 11) is 0. The molecule has 0 aliphatic carbocycles. The molecule has 2 rings (SSSR count). The molecule has 0 atom stereocenters. The van der Waals surface area contributed by atoms with Gasteiger partial charge >= 0.3 is 0 Å². The second-order valence-electron chi connectivity index (χ2n) is 2.76. The van der Waals surface area contributed by atoms with Gasteiger partial charge in [0.25, 0.3) is 0 Å². The van der Waals surface area contributed by atoms with E-state index in [1.807, 2.05) is 12.1 Å². The molecule has 2 aromatic rings. The minimum Gasteiger partial charge on any atom is -0.396 e. The average Bonchev–Trinajstić information content (AvgIpc) is 2.12. The molecule has 0 bridgehead atoms. The molecule has 0 aliphatic rings. The van der Waals surface area contributed by atoms with E-state index in [1.54, 1.807) is 6.07 Å². The van der Waals surface area contributed by atoms with Crippen LogP contribution in [-0.2, 0) is 0 Å². The maximum Gasteiger partial charge on any atom is 0.0741 e. The van der Waals surface area contributed by atoms with E-state index in [4.69, 9.17) is 23.1 Å². The summed E-state index contributed by atoms with van der Waals surface area (Å²) in [5.41, 5.74) is 13.1. The monoisotopic (exact) mass is 193 g/mol. The van der Waals surface area contributed by atoms with Crippen molar-refractivity contribution < 1.29 is 0 Å². The molecule has 0 fully saturated rings. The predicted molar refractivity (Wildman–Crippen MR) is 55.6 cm³/mol. The normalized spacial score (nSPS) is 10.5. The molecule has 0 amide bonds. The number of pyridine rings is 1. The highest BCUT2D eigenvalue weighted by Gasteiger charge is 2.05. The summed E-state index contributed by atoms with van der Waals surface area (Å²) in [6, 6.07) is 5.44. The first-order valence-electron chi connectivity index (χ1n) is 3.78. The summed E-state index contributed by atoms with van der Waals surface area (Å²) in [5.74, 6) is 0. The molecule has 1 heterocycles. The zero-order valence-electron chi connectivity index (χ0n) is 6.79. The summed E-state index contributed by atoms with van der Waals surface area (Å²) < 4.78 is 0. The van der Waals surface area contributed by atoms with Crippen LogP contribution in [0.25, 0.3) is 10.9 Å². The number of hydrogen-bond acceptors (Lipinski definition) is 3. The van der Waals surface area contributed by atoms with Crippen LogP contribution in [0.4, 0.5) is 11.4 Å². The van der Waals surface area contributed by atoms with Crippen molar-refractivity contribution in [2.75, 3.05) is 11.5 Å². The lowest BCUT2D eigenvalue weighted by Crippen LogP contribution is -1.97. The van der Waals surface area contributed by atoms with Crippen molar-refractivity contribution in [3.8, 4) is 0 Å². The maximum atomic E-state index is 5.96. The average molecular weight is 194 g/mol. The Morgan fingerprint density at radius 2 is 2.00 bits per heavy atom. The lowest BCUT2D eigenvalue weighted by atomic mass is 10.2. The Morgan fingerprint density at radius 3 is 2.77 bits per heavy atom. The van der Waals surface area contributed by atoms with E-state index in [0.29, 0.717) is 16.4 Å². The molecule has 3 nitrogen and oxygen atoms in total. The Labute approximate surface area is 80.3 Å². The smallest absolute Gasteiger partial charge is 0.0741 e. The summed E-state index contributed by atoms with van der Waals surface area (Å²) in [4.78, 5) is 4.11. The Morgan fingerprint density at radius 1 is 1.23 bits per heavy atom. The number of benzene rings is 1. The molecule has 0 saturated carbocycles. The molecule has 0 saturated heterocycles. The maximum absolute atomic E-state index is 5.96. The lowest BCUT2D eigenvalue weighted by molar-refractivity contribution is 1.41. The first-order chi connectivity index (χ1) is 6.20. The fourth-order valence-electron chi connectivity index (χ4n) is 1.24. The highest BCUT2D eigenvalue weighted by Crippen LogP contribution is 2.30. The van der Waals surface area contributed by atoms with E-state index < -0.39 is 0 Å². The molecule has 0 aliphatic heterocycles. The Hall–Kier alpha value is -1.48. The van der Waals surface area contributed by atoms with Crippen LogP contribution in [0.15, 0.2) is 24.4 Å². The third kappa shape index (κ3) is 1.17. The van der Waals surface area contributed by atoms with Gasteiger partial charge in [-0.3, -0.25) is 4.98 Å². The van der Waals surface area contributed by atoms with E-state index in [2.05, 4.69) is 4.98 Å². The van der Waals surface area contributed by atoms with Gasteiger partial charge in [-0.2, -0.15) is 0 Å². The summed E-state index contributed by atoms with van der Waals surface area (Å²) in [6.45, 7) is 0. The summed E-state index contributed by atoms with van der Waals surface area (Å²) in [6.07, 6.45) is 1.54. The third-order valence-electron chi connectivity index (χ3n) is 1.91. The first-order valence-corrected chi connectivity index (χ1v) is 4.16. The van der Waals surface area contributed by atoms with Crippen LogP contribution in [-0.4, -0.2) is 4.98 Å². The number of halogens is 1. The predicted octanol–water partition coefficient (Wildman–Crippen LogP) is 2.05. The summed E-state index contributed by atoms with van der Waals surface area (Å²) in [5, 5.41) is 1.30. The highest BCUT2D eigenvalue weighted by atomic mass is 35.5. The molecule has 4 N–H and O–H groups in total. The number of fused-ring (bicyclic) bond motifs is 1. The van der Waals surface area contributed by atoms with Crippen LogP contribution < -0.4 is 11.5 Å². The molecular weight excluding hydrogens is 186 g/mol. The zero-order valence-corrected chi connectivity index (χ0v) is 7.55. The minimum atomic E-state index is 0.459. The first kappa shape index (κ1) is 8.13. The quantitative estimate of drug-likeness (QED) is 0.673. The van der Waals surface area contributed by atoms with E-state index in [-0.39, 0.29) is 0 Å². The van der Waals surface area contributed by atoms with Crippen LogP contribution in [0.2, 0.25) is 5.02 Å². The van der Waals surface area contributed by atoms with Crippen molar-refractivity contribution >= 4 is 33.9 Å². The largest absolute Gasteiger partial charge is 0.396 e.